The summed E-state index contributed by atoms with van der Waals surface area (Å²) >= 11 is 5.75. The second-order valence-electron chi connectivity index (χ2n) is 1.99. The maximum atomic E-state index is 4.38. The van der Waals surface area contributed by atoms with Gasteiger partial charge in [-0.05, 0) is 24.0 Å². The average Bonchev–Trinajstić information content (AvgIpc) is 2.08. The summed E-state index contributed by atoms with van der Waals surface area (Å²) in [6, 6.07) is 0. The molecule has 0 aliphatic carbocycles. The van der Waals surface area contributed by atoms with Crippen molar-refractivity contribution in [1.82, 2.24) is 9.36 Å². The van der Waals surface area contributed by atoms with Crippen LogP contribution in [0.4, 0.5) is 0 Å². The molecule has 0 bridgehead atoms. The van der Waals surface area contributed by atoms with Crippen molar-refractivity contribution in [2.75, 3.05) is 12.5 Å². The summed E-state index contributed by atoms with van der Waals surface area (Å²) in [6.07, 6.45) is 4.11. The standard InChI is InChI=1S/C4H8N2S3/c1-9(2,7)4-5-3-8-6-4/h3,7H,1-2H3. The number of nitrogens with zero attached hydrogens (tertiary/aromatic N) is 2. The Bertz CT molecular complexity index is 176. The first kappa shape index (κ1) is 7.37. The van der Waals surface area contributed by atoms with E-state index in [1.807, 2.05) is 0 Å². The van der Waals surface area contributed by atoms with Gasteiger partial charge in [0, 0.05) is 0 Å². The van der Waals surface area contributed by atoms with Crippen molar-refractivity contribution in [2.24, 2.45) is 0 Å². The zero-order valence-electron chi connectivity index (χ0n) is 5.24. The summed E-state index contributed by atoms with van der Waals surface area (Å²) in [5.41, 5.74) is 1.74. The molecule has 5 heteroatoms. The van der Waals surface area contributed by atoms with Crippen LogP contribution < -0.4 is 0 Å². The lowest BCUT2D eigenvalue weighted by atomic mass is 11.3. The van der Waals surface area contributed by atoms with Crippen molar-refractivity contribution < 1.29 is 0 Å². The molecule has 1 aromatic heterocycles. The zero-order valence-corrected chi connectivity index (χ0v) is 7.76. The van der Waals surface area contributed by atoms with Crippen molar-refractivity contribution in [3.63, 3.8) is 0 Å². The lowest BCUT2D eigenvalue weighted by Crippen LogP contribution is -1.88. The number of thiol groups is 1. The summed E-state index contributed by atoms with van der Waals surface area (Å²) < 4.78 is 4.08. The molecule has 1 heterocycles. The van der Waals surface area contributed by atoms with E-state index in [0.717, 1.165) is 5.16 Å². The highest BCUT2D eigenvalue weighted by Crippen LogP contribution is 2.51. The molecule has 1 rings (SSSR count). The predicted molar refractivity (Wildman–Crippen MR) is 46.6 cm³/mol. The molecule has 2 nitrogen and oxygen atoms in total. The van der Waals surface area contributed by atoms with Crippen LogP contribution in [0.2, 0.25) is 0 Å². The topological polar surface area (TPSA) is 25.8 Å². The molecule has 0 aromatic carbocycles. The van der Waals surface area contributed by atoms with Gasteiger partial charge in [-0.3, -0.25) is 0 Å². The largest absolute Gasteiger partial charge is 0.219 e. The SMILES string of the molecule is CS(C)(S)c1ncsn1. The van der Waals surface area contributed by atoms with Crippen molar-refractivity contribution in [3.8, 4) is 0 Å². The smallest absolute Gasteiger partial charge is 0.190 e. The van der Waals surface area contributed by atoms with E-state index in [-0.39, 0.29) is 0 Å². The van der Waals surface area contributed by atoms with E-state index in [1.165, 1.54) is 11.5 Å². The Labute approximate surface area is 65.0 Å². The molecule has 0 unspecified atom stereocenters. The van der Waals surface area contributed by atoms with Gasteiger partial charge >= 0.3 is 0 Å². The Morgan fingerprint density at radius 3 is 2.56 bits per heavy atom. The summed E-state index contributed by atoms with van der Waals surface area (Å²) in [6.45, 7) is 0. The summed E-state index contributed by atoms with van der Waals surface area (Å²) in [4.78, 5) is 4.06. The first-order valence-electron chi connectivity index (χ1n) is 2.33. The molecule has 52 valence electrons. The second kappa shape index (κ2) is 2.48. The van der Waals surface area contributed by atoms with E-state index in [2.05, 4.69) is 33.5 Å². The van der Waals surface area contributed by atoms with Gasteiger partial charge in [0.2, 0.25) is 0 Å². The maximum Gasteiger partial charge on any atom is 0.190 e. The summed E-state index contributed by atoms with van der Waals surface area (Å²) in [5.74, 6) is 0. The van der Waals surface area contributed by atoms with Crippen LogP contribution in [-0.4, -0.2) is 21.9 Å². The molecule has 0 aliphatic rings. The molecule has 0 fully saturated rings. The van der Waals surface area contributed by atoms with Gasteiger partial charge in [0.25, 0.3) is 0 Å². The third kappa shape index (κ3) is 1.84. The van der Waals surface area contributed by atoms with Crippen LogP contribution in [0, 0.1) is 0 Å². The van der Waals surface area contributed by atoms with Gasteiger partial charge in [-0.2, -0.15) is 4.37 Å². The van der Waals surface area contributed by atoms with Crippen LogP contribution in [0.15, 0.2) is 10.7 Å². The molecular weight excluding hydrogens is 172 g/mol. The lowest BCUT2D eigenvalue weighted by molar-refractivity contribution is 1.07. The minimum Gasteiger partial charge on any atom is -0.219 e. The molecule has 1 aromatic rings. The van der Waals surface area contributed by atoms with Gasteiger partial charge in [0.15, 0.2) is 5.16 Å². The molecule has 0 spiro atoms. The minimum absolute atomic E-state index is 0.885. The Morgan fingerprint density at radius 2 is 2.33 bits per heavy atom. The van der Waals surface area contributed by atoms with Gasteiger partial charge in [0.1, 0.15) is 5.51 Å². The van der Waals surface area contributed by atoms with Crippen molar-refractivity contribution >= 4 is 32.3 Å². The molecule has 0 radical (unpaired) electrons. The van der Waals surface area contributed by atoms with E-state index in [0.29, 0.717) is 0 Å². The molecule has 0 amide bonds. The molecule has 0 aliphatic heterocycles. The number of hydrogen-bond donors (Lipinski definition) is 1. The Kier molecular flexibility index (Phi) is 2.03. The maximum absolute atomic E-state index is 4.38. The van der Waals surface area contributed by atoms with E-state index in [4.69, 9.17) is 0 Å². The second-order valence-corrected chi connectivity index (χ2v) is 8.24. The van der Waals surface area contributed by atoms with Crippen LogP contribution >= 0.6 is 32.3 Å². The highest BCUT2D eigenvalue weighted by Gasteiger charge is 2.11. The number of hydrogen-bond acceptors (Lipinski definition) is 4. The van der Waals surface area contributed by atoms with Crippen LogP contribution in [0.3, 0.4) is 0 Å². The first-order valence-corrected chi connectivity index (χ1v) is 6.67. The molecule has 0 saturated heterocycles. The van der Waals surface area contributed by atoms with Crippen LogP contribution in [0.25, 0.3) is 0 Å². The summed E-state index contributed by atoms with van der Waals surface area (Å²) in [5, 5.41) is 0.885. The Morgan fingerprint density at radius 1 is 1.67 bits per heavy atom. The molecule has 0 N–H and O–H groups in total. The van der Waals surface area contributed by atoms with Gasteiger partial charge in [-0.15, -0.1) is 20.7 Å². The van der Waals surface area contributed by atoms with E-state index in [1.54, 1.807) is 5.51 Å². The fraction of sp³-hybridized carbons (Fsp3) is 0.500. The first-order chi connectivity index (χ1) is 4.11. The van der Waals surface area contributed by atoms with Gasteiger partial charge in [-0.25, -0.2) is 4.98 Å². The number of rotatable bonds is 1. The van der Waals surface area contributed by atoms with Crippen molar-refractivity contribution in [1.29, 1.82) is 0 Å². The van der Waals surface area contributed by atoms with Gasteiger partial charge < -0.3 is 0 Å². The quantitative estimate of drug-likeness (QED) is 0.527. The lowest BCUT2D eigenvalue weighted by Gasteiger charge is -2.17. The van der Waals surface area contributed by atoms with Crippen molar-refractivity contribution in [3.05, 3.63) is 5.51 Å². The minimum atomic E-state index is -0.977. The highest BCUT2D eigenvalue weighted by atomic mass is 33.1. The van der Waals surface area contributed by atoms with E-state index >= 15 is 0 Å². The normalized spacial score (nSPS) is 13.7. The van der Waals surface area contributed by atoms with E-state index in [9.17, 15) is 0 Å². The molecular formula is C4H8N2S3. The van der Waals surface area contributed by atoms with Crippen molar-refractivity contribution in [2.45, 2.75) is 5.16 Å². The van der Waals surface area contributed by atoms with Crippen LogP contribution in [0.1, 0.15) is 0 Å². The molecule has 0 atom stereocenters. The predicted octanol–water partition coefficient (Wildman–Crippen LogP) is 1.81. The third-order valence-corrected chi connectivity index (χ3v) is 2.96. The number of aromatic nitrogens is 2. The highest BCUT2D eigenvalue weighted by molar-refractivity contribution is 8.87. The summed E-state index contributed by atoms with van der Waals surface area (Å²) in [7, 11) is -0.977. The molecule has 0 saturated carbocycles. The molecule has 9 heavy (non-hydrogen) atoms. The fourth-order valence-electron chi connectivity index (χ4n) is 0.381. The monoisotopic (exact) mass is 180 g/mol. The Balaban J connectivity index is 2.90. The fourth-order valence-corrected chi connectivity index (χ4v) is 2.39. The third-order valence-electron chi connectivity index (χ3n) is 0.788. The van der Waals surface area contributed by atoms with E-state index < -0.39 is 9.06 Å². The van der Waals surface area contributed by atoms with Gasteiger partial charge in [-0.1, -0.05) is 0 Å². The van der Waals surface area contributed by atoms with Gasteiger partial charge in [0.05, 0.1) is 0 Å². The Hall–Kier alpha value is 0.260. The zero-order chi connectivity index (χ0) is 6.91. The average molecular weight is 180 g/mol. The van der Waals surface area contributed by atoms with Crippen LogP contribution in [-0.2, 0) is 0 Å². The van der Waals surface area contributed by atoms with Crippen LogP contribution in [0.5, 0.6) is 0 Å².